The van der Waals surface area contributed by atoms with Crippen LogP contribution in [-0.4, -0.2) is 17.1 Å². The second-order valence-corrected chi connectivity index (χ2v) is 10.4. The third-order valence-electron chi connectivity index (χ3n) is 6.18. The first-order valence-corrected chi connectivity index (χ1v) is 13.3. The van der Waals surface area contributed by atoms with Crippen molar-refractivity contribution >= 4 is 40.9 Å². The van der Waals surface area contributed by atoms with Crippen LogP contribution >= 0.6 is 23.4 Å². The van der Waals surface area contributed by atoms with Crippen LogP contribution in [0.3, 0.4) is 0 Å². The number of hydrogen-bond donors (Lipinski definition) is 1. The summed E-state index contributed by atoms with van der Waals surface area (Å²) in [6, 6.07) is 21.1. The predicted molar refractivity (Wildman–Crippen MR) is 146 cm³/mol. The number of nitrogens with zero attached hydrogens (tertiary/aromatic N) is 2. The molecule has 0 aromatic heterocycles. The maximum Gasteiger partial charge on any atom is 0.416 e. The molecule has 2 amide bonds. The van der Waals surface area contributed by atoms with Gasteiger partial charge in [0.1, 0.15) is 16.7 Å². The van der Waals surface area contributed by atoms with Crippen molar-refractivity contribution < 1.29 is 22.8 Å². The van der Waals surface area contributed by atoms with Crippen molar-refractivity contribution in [1.29, 1.82) is 5.26 Å². The van der Waals surface area contributed by atoms with Gasteiger partial charge >= 0.3 is 6.18 Å². The van der Waals surface area contributed by atoms with Crippen LogP contribution in [-0.2, 0) is 35.2 Å². The highest BCUT2D eigenvalue weighted by atomic mass is 35.5. The van der Waals surface area contributed by atoms with Crippen molar-refractivity contribution in [2.75, 3.05) is 4.90 Å². The second kappa shape index (κ2) is 12.0. The molecule has 0 aliphatic carbocycles. The molecule has 1 fully saturated rings. The normalized spacial score (nSPS) is 16.7. The summed E-state index contributed by atoms with van der Waals surface area (Å²) in [5, 5.41) is 12.0. The molecular formula is C29H23ClF3N3O2S. The minimum absolute atomic E-state index is 0.0915. The molecule has 1 N–H and O–H groups in total. The van der Waals surface area contributed by atoms with Gasteiger partial charge in [-0.2, -0.15) is 18.4 Å². The summed E-state index contributed by atoms with van der Waals surface area (Å²) < 4.78 is 40.0. The van der Waals surface area contributed by atoms with E-state index in [4.69, 9.17) is 11.6 Å². The lowest BCUT2D eigenvalue weighted by Gasteiger charge is -2.19. The van der Waals surface area contributed by atoms with E-state index in [1.165, 1.54) is 4.90 Å². The number of rotatable bonds is 7. The third-order valence-corrected chi connectivity index (χ3v) is 7.81. The molecule has 0 radical (unpaired) electrons. The zero-order valence-corrected chi connectivity index (χ0v) is 22.3. The fourth-order valence-electron chi connectivity index (χ4n) is 4.08. The van der Waals surface area contributed by atoms with Crippen LogP contribution in [0.4, 0.5) is 18.9 Å². The average molecular weight is 570 g/mol. The van der Waals surface area contributed by atoms with Crippen molar-refractivity contribution in [3.05, 3.63) is 111 Å². The van der Waals surface area contributed by atoms with Crippen molar-refractivity contribution in [1.82, 2.24) is 5.32 Å². The number of carbonyl (C=O) groups is 2. The summed E-state index contributed by atoms with van der Waals surface area (Å²) in [6.07, 6.45) is -3.92. The molecule has 10 heteroatoms. The van der Waals surface area contributed by atoms with E-state index in [9.17, 15) is 28.0 Å². The number of benzene rings is 3. The van der Waals surface area contributed by atoms with Crippen molar-refractivity contribution in [2.24, 2.45) is 0 Å². The van der Waals surface area contributed by atoms with E-state index in [1.54, 1.807) is 12.1 Å². The van der Waals surface area contributed by atoms with Gasteiger partial charge in [-0.05, 0) is 59.9 Å². The Balaban J connectivity index is 1.70. The Bertz CT molecular complexity index is 1450. The van der Waals surface area contributed by atoms with Crippen LogP contribution in [0.1, 0.15) is 29.2 Å². The van der Waals surface area contributed by atoms with Gasteiger partial charge in [0.25, 0.3) is 5.91 Å². The number of amides is 2. The molecule has 1 atom stereocenters. The van der Waals surface area contributed by atoms with Crippen LogP contribution in [0.15, 0.2) is 83.4 Å². The van der Waals surface area contributed by atoms with Gasteiger partial charge in [-0.1, -0.05) is 72.8 Å². The molecule has 1 saturated heterocycles. The van der Waals surface area contributed by atoms with Crippen LogP contribution < -0.4 is 10.2 Å². The molecule has 1 heterocycles. The topological polar surface area (TPSA) is 73.2 Å². The number of nitrogens with one attached hydrogen (secondary N) is 1. The van der Waals surface area contributed by atoms with Gasteiger partial charge in [0.2, 0.25) is 5.91 Å². The first-order chi connectivity index (χ1) is 18.6. The molecule has 3 aromatic rings. The van der Waals surface area contributed by atoms with E-state index in [0.29, 0.717) is 5.69 Å². The summed E-state index contributed by atoms with van der Waals surface area (Å²) in [5.41, 5.74) is 1.30. The minimum atomic E-state index is -4.57. The fraction of sp³-hybridized carbons (Fsp3) is 0.207. The molecule has 0 spiro atoms. The lowest BCUT2D eigenvalue weighted by molar-refractivity contribution is -0.137. The highest BCUT2D eigenvalue weighted by Gasteiger charge is 2.41. The van der Waals surface area contributed by atoms with Gasteiger partial charge in [-0.15, -0.1) is 0 Å². The second-order valence-electron chi connectivity index (χ2n) is 8.77. The van der Waals surface area contributed by atoms with Gasteiger partial charge in [-0.3, -0.25) is 14.5 Å². The number of aryl methyl sites for hydroxylation is 1. The highest BCUT2D eigenvalue weighted by Crippen LogP contribution is 2.43. The lowest BCUT2D eigenvalue weighted by atomic mass is 10.0. The number of carbonyl (C=O) groups excluding carboxylic acids is 2. The van der Waals surface area contributed by atoms with Crippen LogP contribution in [0.25, 0.3) is 0 Å². The number of hydrogen-bond acceptors (Lipinski definition) is 4. The van der Waals surface area contributed by atoms with Crippen LogP contribution in [0.2, 0.25) is 5.02 Å². The molecule has 1 unspecified atom stereocenters. The third kappa shape index (κ3) is 6.47. The van der Waals surface area contributed by atoms with Crippen molar-refractivity contribution in [3.8, 4) is 6.07 Å². The molecule has 1 aliphatic rings. The van der Waals surface area contributed by atoms with E-state index in [-0.39, 0.29) is 34.2 Å². The molecule has 5 nitrogen and oxygen atoms in total. The van der Waals surface area contributed by atoms with E-state index >= 15 is 0 Å². The maximum atomic E-state index is 13.7. The molecule has 3 aromatic carbocycles. The molecule has 200 valence electrons. The van der Waals surface area contributed by atoms with Crippen LogP contribution in [0, 0.1) is 11.3 Å². The van der Waals surface area contributed by atoms with E-state index in [2.05, 4.69) is 5.32 Å². The van der Waals surface area contributed by atoms with E-state index < -0.39 is 28.8 Å². The Morgan fingerprint density at radius 2 is 1.77 bits per heavy atom. The van der Waals surface area contributed by atoms with Gasteiger partial charge in [-0.25, -0.2) is 0 Å². The molecular weight excluding hydrogens is 547 g/mol. The molecule has 1 aliphatic heterocycles. The Hall–Kier alpha value is -3.74. The Kier molecular flexibility index (Phi) is 8.68. The van der Waals surface area contributed by atoms with Crippen molar-refractivity contribution in [2.45, 2.75) is 37.7 Å². The van der Waals surface area contributed by atoms with E-state index in [1.807, 2.05) is 55.5 Å². The fourth-order valence-corrected chi connectivity index (χ4v) is 5.57. The summed E-state index contributed by atoms with van der Waals surface area (Å²) >= 11 is 7.17. The first kappa shape index (κ1) is 28.3. The molecule has 0 bridgehead atoms. The Morgan fingerprint density at radius 3 is 2.38 bits per heavy atom. The number of halogens is 4. The Morgan fingerprint density at radius 1 is 1.08 bits per heavy atom. The Labute approximate surface area is 233 Å². The van der Waals surface area contributed by atoms with Gasteiger partial charge in [0.05, 0.1) is 10.8 Å². The predicted octanol–water partition coefficient (Wildman–Crippen LogP) is 6.66. The quantitative estimate of drug-likeness (QED) is 0.255. The molecule has 39 heavy (non-hydrogen) atoms. The van der Waals surface area contributed by atoms with E-state index in [0.717, 1.165) is 47.5 Å². The zero-order valence-electron chi connectivity index (χ0n) is 20.8. The highest BCUT2D eigenvalue weighted by molar-refractivity contribution is 8.05. The van der Waals surface area contributed by atoms with Crippen molar-refractivity contribution in [3.63, 3.8) is 0 Å². The number of alkyl halides is 3. The zero-order chi connectivity index (χ0) is 28.2. The standard InChI is InChI=1S/C29H23ClF3N3O2S/c1-2-18-8-11-22(12-9-18)36-27(38)25(15-20-14-21(29(31,32)33)10-13-24(20)30)39-28(36)23(16-34)26(37)35-17-19-6-4-3-5-7-19/h3-14,25H,2,15,17H2,1H3,(H,35,37)/b28-23-. The monoisotopic (exact) mass is 569 g/mol. The minimum Gasteiger partial charge on any atom is -0.347 e. The summed E-state index contributed by atoms with van der Waals surface area (Å²) in [7, 11) is 0. The van der Waals surface area contributed by atoms with Crippen LogP contribution in [0.5, 0.6) is 0 Å². The van der Waals surface area contributed by atoms with Gasteiger partial charge < -0.3 is 5.32 Å². The van der Waals surface area contributed by atoms with Gasteiger partial charge in [0, 0.05) is 17.3 Å². The average Bonchev–Trinajstić information content (AvgIpc) is 3.24. The molecule has 0 saturated carbocycles. The number of nitriles is 1. The lowest BCUT2D eigenvalue weighted by Crippen LogP contribution is -2.32. The largest absolute Gasteiger partial charge is 0.416 e. The summed E-state index contributed by atoms with van der Waals surface area (Å²) in [5.74, 6) is -1.12. The first-order valence-electron chi connectivity index (χ1n) is 12.0. The smallest absolute Gasteiger partial charge is 0.347 e. The maximum absolute atomic E-state index is 13.7. The van der Waals surface area contributed by atoms with Gasteiger partial charge in [0.15, 0.2) is 0 Å². The summed E-state index contributed by atoms with van der Waals surface area (Å²) in [6.45, 7) is 2.15. The SMILES string of the molecule is CCc1ccc(N2C(=O)C(Cc3cc(C(F)(F)F)ccc3Cl)S/C2=C(/C#N)C(=O)NCc2ccccc2)cc1. The molecule has 4 rings (SSSR count). The summed E-state index contributed by atoms with van der Waals surface area (Å²) in [4.78, 5) is 28.0. The number of anilines is 1. The number of thioether (sulfide) groups is 1.